The molecule has 2 aromatic rings. The highest BCUT2D eigenvalue weighted by Gasteiger charge is 2.17. The van der Waals surface area contributed by atoms with E-state index in [1.165, 1.54) is 19.5 Å². The van der Waals surface area contributed by atoms with Crippen LogP contribution in [0.4, 0.5) is 4.39 Å². The lowest BCUT2D eigenvalue weighted by Gasteiger charge is -2.13. The maximum absolute atomic E-state index is 13.7. The molecule has 1 heterocycles. The summed E-state index contributed by atoms with van der Waals surface area (Å²) in [5.41, 5.74) is 0.801. The second kappa shape index (κ2) is 6.08. The Morgan fingerprint density at radius 1 is 1.42 bits per heavy atom. The largest absolute Gasteiger partial charge is 0.481 e. The maximum atomic E-state index is 13.7. The summed E-state index contributed by atoms with van der Waals surface area (Å²) in [5, 5.41) is 10.1. The average Bonchev–Trinajstić information content (AvgIpc) is 2.38. The van der Waals surface area contributed by atoms with Crippen molar-refractivity contribution in [2.45, 2.75) is 12.5 Å². The summed E-state index contributed by atoms with van der Waals surface area (Å²) in [5.74, 6) is -0.0484. The van der Waals surface area contributed by atoms with Crippen LogP contribution < -0.4 is 4.74 Å². The predicted molar refractivity (Wildman–Crippen MR) is 71.3 cm³/mol. The van der Waals surface area contributed by atoms with E-state index in [0.29, 0.717) is 16.0 Å². The fourth-order valence-corrected chi connectivity index (χ4v) is 2.34. The van der Waals surface area contributed by atoms with Gasteiger partial charge in [0.2, 0.25) is 5.88 Å². The number of aliphatic hydroxyl groups excluding tert-OH is 1. The van der Waals surface area contributed by atoms with Crippen LogP contribution in [0, 0.1) is 5.82 Å². The molecule has 0 saturated carbocycles. The predicted octanol–water partition coefficient (Wildman–Crippen LogP) is 2.66. The normalized spacial score (nSPS) is 12.2. The van der Waals surface area contributed by atoms with Gasteiger partial charge in [0.1, 0.15) is 12.1 Å². The molecular formula is C13H12BrFN2O2. The van der Waals surface area contributed by atoms with Crippen molar-refractivity contribution >= 4 is 15.9 Å². The Balaban J connectivity index is 2.23. The summed E-state index contributed by atoms with van der Waals surface area (Å²) in [6.07, 6.45) is 0.533. The van der Waals surface area contributed by atoms with Crippen molar-refractivity contribution in [1.29, 1.82) is 0 Å². The van der Waals surface area contributed by atoms with E-state index in [1.807, 2.05) is 0 Å². The molecule has 0 amide bonds. The van der Waals surface area contributed by atoms with Crippen molar-refractivity contribution in [3.8, 4) is 5.88 Å². The summed E-state index contributed by atoms with van der Waals surface area (Å²) in [6, 6.07) is 6.17. The molecule has 0 spiro atoms. The molecule has 0 saturated heterocycles. The van der Waals surface area contributed by atoms with Crippen molar-refractivity contribution in [2.24, 2.45) is 0 Å². The molecule has 0 aliphatic rings. The summed E-state index contributed by atoms with van der Waals surface area (Å²) >= 11 is 3.23. The fraction of sp³-hybridized carbons (Fsp3) is 0.231. The molecule has 100 valence electrons. The number of nitrogens with zero attached hydrogens (tertiary/aromatic N) is 2. The van der Waals surface area contributed by atoms with Crippen LogP contribution in [-0.4, -0.2) is 22.2 Å². The zero-order valence-corrected chi connectivity index (χ0v) is 11.8. The van der Waals surface area contributed by atoms with Crippen LogP contribution >= 0.6 is 15.9 Å². The Kier molecular flexibility index (Phi) is 4.44. The van der Waals surface area contributed by atoms with Gasteiger partial charge in [0.15, 0.2) is 0 Å². The van der Waals surface area contributed by atoms with Gasteiger partial charge in [-0.05, 0) is 12.1 Å². The van der Waals surface area contributed by atoms with Crippen LogP contribution in [0.1, 0.15) is 17.4 Å². The Morgan fingerprint density at radius 3 is 2.89 bits per heavy atom. The first-order valence-electron chi connectivity index (χ1n) is 5.58. The molecule has 0 aliphatic carbocycles. The van der Waals surface area contributed by atoms with Crippen molar-refractivity contribution in [3.05, 3.63) is 52.1 Å². The van der Waals surface area contributed by atoms with Crippen molar-refractivity contribution in [3.63, 3.8) is 0 Å². The van der Waals surface area contributed by atoms with Crippen LogP contribution in [0.25, 0.3) is 0 Å². The van der Waals surface area contributed by atoms with Gasteiger partial charge in [0, 0.05) is 22.5 Å². The molecule has 0 fully saturated rings. The molecule has 0 radical (unpaired) electrons. The Bertz CT molecular complexity index is 560. The summed E-state index contributed by atoms with van der Waals surface area (Å²) < 4.78 is 19.2. The van der Waals surface area contributed by atoms with Crippen molar-refractivity contribution in [2.75, 3.05) is 7.11 Å². The minimum absolute atomic E-state index is 0.179. The summed E-state index contributed by atoms with van der Waals surface area (Å²) in [7, 11) is 1.50. The minimum Gasteiger partial charge on any atom is -0.481 e. The number of ether oxygens (including phenoxy) is 1. The molecule has 1 unspecified atom stereocenters. The molecule has 0 aliphatic heterocycles. The Morgan fingerprint density at radius 2 is 2.21 bits per heavy atom. The van der Waals surface area contributed by atoms with Crippen molar-refractivity contribution in [1.82, 2.24) is 9.97 Å². The van der Waals surface area contributed by atoms with Crippen LogP contribution in [0.3, 0.4) is 0 Å². The van der Waals surface area contributed by atoms with E-state index in [1.54, 1.807) is 18.2 Å². The number of hydrogen-bond acceptors (Lipinski definition) is 4. The minimum atomic E-state index is -0.991. The molecule has 19 heavy (non-hydrogen) atoms. The molecule has 4 nitrogen and oxygen atoms in total. The maximum Gasteiger partial charge on any atom is 0.216 e. The third-order valence-electron chi connectivity index (χ3n) is 2.64. The third kappa shape index (κ3) is 3.27. The van der Waals surface area contributed by atoms with E-state index >= 15 is 0 Å². The Hall–Kier alpha value is -1.53. The van der Waals surface area contributed by atoms with Gasteiger partial charge in [-0.25, -0.2) is 14.4 Å². The highest BCUT2D eigenvalue weighted by Crippen LogP contribution is 2.28. The molecule has 2 rings (SSSR count). The van der Waals surface area contributed by atoms with E-state index in [2.05, 4.69) is 25.9 Å². The van der Waals surface area contributed by atoms with E-state index < -0.39 is 11.9 Å². The van der Waals surface area contributed by atoms with Crippen LogP contribution in [0.2, 0.25) is 0 Å². The number of aromatic nitrogens is 2. The molecular weight excluding hydrogens is 315 g/mol. The van der Waals surface area contributed by atoms with Gasteiger partial charge in [0.05, 0.1) is 18.9 Å². The molecule has 1 atom stereocenters. The van der Waals surface area contributed by atoms with E-state index in [4.69, 9.17) is 4.74 Å². The lowest BCUT2D eigenvalue weighted by Crippen LogP contribution is -2.07. The SMILES string of the molecule is COc1cc(CC(O)c2c(F)cccc2Br)ncn1. The van der Waals surface area contributed by atoms with E-state index in [0.717, 1.165) is 0 Å². The van der Waals surface area contributed by atoms with Gasteiger partial charge in [-0.2, -0.15) is 0 Å². The molecule has 1 aromatic carbocycles. The zero-order chi connectivity index (χ0) is 13.8. The van der Waals surface area contributed by atoms with Crippen LogP contribution in [-0.2, 0) is 6.42 Å². The molecule has 6 heteroatoms. The molecule has 1 N–H and O–H groups in total. The lowest BCUT2D eigenvalue weighted by atomic mass is 10.0. The van der Waals surface area contributed by atoms with Crippen LogP contribution in [0.5, 0.6) is 5.88 Å². The third-order valence-corrected chi connectivity index (χ3v) is 3.33. The van der Waals surface area contributed by atoms with Gasteiger partial charge < -0.3 is 9.84 Å². The van der Waals surface area contributed by atoms with Gasteiger partial charge >= 0.3 is 0 Å². The first-order valence-corrected chi connectivity index (χ1v) is 6.38. The topological polar surface area (TPSA) is 55.2 Å². The standard InChI is InChI=1S/C13H12BrFN2O2/c1-19-12-6-8(16-7-17-12)5-11(18)13-9(14)3-2-4-10(13)15/h2-4,6-7,11,18H,5H2,1H3. The lowest BCUT2D eigenvalue weighted by molar-refractivity contribution is 0.171. The molecule has 1 aromatic heterocycles. The molecule has 0 bridgehead atoms. The van der Waals surface area contributed by atoms with E-state index in [-0.39, 0.29) is 12.0 Å². The van der Waals surface area contributed by atoms with E-state index in [9.17, 15) is 9.50 Å². The number of hydrogen-bond donors (Lipinski definition) is 1. The van der Waals surface area contributed by atoms with Crippen molar-refractivity contribution < 1.29 is 14.2 Å². The van der Waals surface area contributed by atoms with Gasteiger partial charge in [-0.3, -0.25) is 0 Å². The average molecular weight is 327 g/mol. The monoisotopic (exact) mass is 326 g/mol. The van der Waals surface area contributed by atoms with Gasteiger partial charge in [-0.15, -0.1) is 0 Å². The number of rotatable bonds is 4. The van der Waals surface area contributed by atoms with Gasteiger partial charge in [-0.1, -0.05) is 22.0 Å². The quantitative estimate of drug-likeness (QED) is 0.938. The number of methoxy groups -OCH3 is 1. The van der Waals surface area contributed by atoms with Gasteiger partial charge in [0.25, 0.3) is 0 Å². The number of benzene rings is 1. The second-order valence-corrected chi connectivity index (χ2v) is 4.76. The first kappa shape index (κ1) is 13.9. The highest BCUT2D eigenvalue weighted by atomic mass is 79.9. The van der Waals surface area contributed by atoms with Crippen LogP contribution in [0.15, 0.2) is 35.1 Å². The smallest absolute Gasteiger partial charge is 0.216 e. The number of aliphatic hydroxyl groups is 1. The first-order chi connectivity index (χ1) is 9.11. The highest BCUT2D eigenvalue weighted by molar-refractivity contribution is 9.10. The summed E-state index contributed by atoms with van der Waals surface area (Å²) in [6.45, 7) is 0. The number of halogens is 2. The Labute approximate surface area is 118 Å². The fourth-order valence-electron chi connectivity index (χ4n) is 1.73. The second-order valence-electron chi connectivity index (χ2n) is 3.91. The zero-order valence-electron chi connectivity index (χ0n) is 10.2. The summed E-state index contributed by atoms with van der Waals surface area (Å²) in [4.78, 5) is 7.90.